The van der Waals surface area contributed by atoms with E-state index in [0.29, 0.717) is 41.7 Å². The summed E-state index contributed by atoms with van der Waals surface area (Å²) >= 11 is 0. The average Bonchev–Trinajstić information content (AvgIpc) is 3.04. The van der Waals surface area contributed by atoms with Crippen LogP contribution in [0.1, 0.15) is 50.7 Å². The van der Waals surface area contributed by atoms with Crippen molar-refractivity contribution in [3.05, 3.63) is 78.1 Å². The van der Waals surface area contributed by atoms with Crippen LogP contribution in [0.5, 0.6) is 17.2 Å². The van der Waals surface area contributed by atoms with E-state index in [2.05, 4.69) is 20.9 Å². The number of carbonyl (C=O) groups is 3. The summed E-state index contributed by atoms with van der Waals surface area (Å²) in [4.78, 5) is 44.8. The van der Waals surface area contributed by atoms with Crippen molar-refractivity contribution in [3.8, 4) is 17.2 Å². The monoisotopic (exact) mass is 655 g/mol. The smallest absolute Gasteiger partial charge is 0.411 e. The standard InChI is InChI=1S/C36H41N5O7/c1-21-19-41(20-22(2)47-21)33(42)30-18-24(14-15-37-30)48-31-13-12-27(25-10-8-9-11-26(25)31)38-34(43)39-28-16-23(36(3,4)5)17-29(32(28)45-6)40-35(44)46-7/h8-18,21-22H,19-20H2,1-7H3,(H,40,44)(H2,38,39,43). The number of hydrogen-bond acceptors (Lipinski definition) is 8. The van der Waals surface area contributed by atoms with Gasteiger partial charge in [0.25, 0.3) is 5.91 Å². The van der Waals surface area contributed by atoms with Crippen molar-refractivity contribution in [2.24, 2.45) is 0 Å². The molecule has 1 aromatic heterocycles. The molecule has 0 aliphatic carbocycles. The molecule has 1 aliphatic rings. The number of benzene rings is 3. The van der Waals surface area contributed by atoms with Crippen LogP contribution in [-0.2, 0) is 14.9 Å². The maximum absolute atomic E-state index is 13.4. The third-order valence-electron chi connectivity index (χ3n) is 7.85. The largest absolute Gasteiger partial charge is 0.492 e. The molecule has 3 N–H and O–H groups in total. The number of anilines is 3. The average molecular weight is 656 g/mol. The van der Waals surface area contributed by atoms with E-state index >= 15 is 0 Å². The molecular formula is C36H41N5O7. The first-order valence-corrected chi connectivity index (χ1v) is 15.6. The van der Waals surface area contributed by atoms with Gasteiger partial charge in [0.1, 0.15) is 17.2 Å². The summed E-state index contributed by atoms with van der Waals surface area (Å²) in [6.07, 6.45) is 0.760. The number of urea groups is 1. The molecule has 5 rings (SSSR count). The first-order chi connectivity index (χ1) is 22.9. The fourth-order valence-corrected chi connectivity index (χ4v) is 5.60. The minimum Gasteiger partial charge on any atom is -0.492 e. The molecule has 1 fully saturated rings. The van der Waals surface area contributed by atoms with Crippen LogP contribution in [0.3, 0.4) is 0 Å². The van der Waals surface area contributed by atoms with E-state index in [9.17, 15) is 14.4 Å². The van der Waals surface area contributed by atoms with Gasteiger partial charge in [0.15, 0.2) is 5.75 Å². The first kappa shape index (κ1) is 34.0. The highest BCUT2D eigenvalue weighted by molar-refractivity contribution is 6.08. The van der Waals surface area contributed by atoms with Gasteiger partial charge in [-0.3, -0.25) is 15.1 Å². The molecule has 48 heavy (non-hydrogen) atoms. The Kier molecular flexibility index (Phi) is 10.0. The lowest BCUT2D eigenvalue weighted by molar-refractivity contribution is -0.0587. The molecule has 252 valence electrons. The summed E-state index contributed by atoms with van der Waals surface area (Å²) < 4.78 is 22.4. The van der Waals surface area contributed by atoms with Crippen molar-refractivity contribution < 1.29 is 33.3 Å². The normalized spacial score (nSPS) is 16.2. The zero-order valence-electron chi connectivity index (χ0n) is 28.2. The molecule has 4 aromatic rings. The van der Waals surface area contributed by atoms with Crippen LogP contribution in [-0.4, -0.2) is 67.4 Å². The van der Waals surface area contributed by atoms with Crippen LogP contribution < -0.4 is 25.4 Å². The molecule has 2 unspecified atom stereocenters. The van der Waals surface area contributed by atoms with E-state index in [0.717, 1.165) is 16.3 Å². The van der Waals surface area contributed by atoms with Crippen LogP contribution in [0.4, 0.5) is 26.7 Å². The number of methoxy groups -OCH3 is 2. The first-order valence-electron chi connectivity index (χ1n) is 15.6. The van der Waals surface area contributed by atoms with Gasteiger partial charge in [0, 0.05) is 36.1 Å². The molecule has 1 aliphatic heterocycles. The third kappa shape index (κ3) is 7.77. The zero-order chi connectivity index (χ0) is 34.6. The van der Waals surface area contributed by atoms with Crippen LogP contribution in [0.2, 0.25) is 0 Å². The second kappa shape index (κ2) is 14.2. The third-order valence-corrected chi connectivity index (χ3v) is 7.85. The number of rotatable bonds is 7. The molecule has 2 heterocycles. The maximum Gasteiger partial charge on any atom is 0.411 e. The predicted octanol–water partition coefficient (Wildman–Crippen LogP) is 7.40. The Labute approximate surface area is 279 Å². The van der Waals surface area contributed by atoms with E-state index in [1.165, 1.54) is 14.2 Å². The molecule has 12 heteroatoms. The molecule has 3 aromatic carbocycles. The lowest BCUT2D eigenvalue weighted by Gasteiger charge is -2.35. The summed E-state index contributed by atoms with van der Waals surface area (Å²) in [5.41, 5.74) is 2.09. The van der Waals surface area contributed by atoms with Crippen molar-refractivity contribution in [1.29, 1.82) is 0 Å². The molecule has 0 bridgehead atoms. The number of morpholine rings is 1. The van der Waals surface area contributed by atoms with E-state index in [-0.39, 0.29) is 35.0 Å². The number of fused-ring (bicyclic) bond motifs is 1. The highest BCUT2D eigenvalue weighted by Gasteiger charge is 2.28. The van der Waals surface area contributed by atoms with Crippen molar-refractivity contribution in [2.75, 3.05) is 43.3 Å². The number of aromatic nitrogens is 1. The minimum absolute atomic E-state index is 0.0607. The number of nitrogens with zero attached hydrogens (tertiary/aromatic N) is 2. The Morgan fingerprint density at radius 1 is 0.854 bits per heavy atom. The summed E-state index contributed by atoms with van der Waals surface area (Å²) in [6.45, 7) is 10.9. The lowest BCUT2D eigenvalue weighted by atomic mass is 9.86. The Bertz CT molecular complexity index is 1830. The second-order valence-electron chi connectivity index (χ2n) is 12.7. The van der Waals surface area contributed by atoms with Crippen molar-refractivity contribution in [3.63, 3.8) is 0 Å². The lowest BCUT2D eigenvalue weighted by Crippen LogP contribution is -2.48. The van der Waals surface area contributed by atoms with Gasteiger partial charge in [-0.05, 0) is 55.2 Å². The quantitative estimate of drug-likeness (QED) is 0.187. The SMILES string of the molecule is COC(=O)Nc1cc(C(C)(C)C)cc(NC(=O)Nc2ccc(Oc3ccnc(C(=O)N4CC(C)OC(C)C4)c3)c3ccccc23)c1OC. The van der Waals surface area contributed by atoms with Crippen LogP contribution in [0.15, 0.2) is 66.9 Å². The minimum atomic E-state index is -0.667. The van der Waals surface area contributed by atoms with Gasteiger partial charge in [0.2, 0.25) is 0 Å². The van der Waals surface area contributed by atoms with Gasteiger partial charge in [-0.1, -0.05) is 45.0 Å². The van der Waals surface area contributed by atoms with Crippen LogP contribution in [0, 0.1) is 0 Å². The van der Waals surface area contributed by atoms with Gasteiger partial charge in [-0.25, -0.2) is 9.59 Å². The fraction of sp³-hybridized carbons (Fsp3) is 0.333. The Morgan fingerprint density at radius 2 is 1.50 bits per heavy atom. The Morgan fingerprint density at radius 3 is 2.15 bits per heavy atom. The number of hydrogen-bond donors (Lipinski definition) is 3. The van der Waals surface area contributed by atoms with Crippen molar-refractivity contribution in [1.82, 2.24) is 9.88 Å². The van der Waals surface area contributed by atoms with Gasteiger partial charge in [0.05, 0.1) is 43.5 Å². The number of amides is 4. The van der Waals surface area contributed by atoms with Crippen LogP contribution >= 0.6 is 0 Å². The van der Waals surface area contributed by atoms with Gasteiger partial charge >= 0.3 is 12.1 Å². The summed E-state index contributed by atoms with van der Waals surface area (Å²) in [7, 11) is 2.72. The number of pyridine rings is 1. The number of carbonyl (C=O) groups excluding carboxylic acids is 3. The molecule has 0 saturated carbocycles. The topological polar surface area (TPSA) is 140 Å². The zero-order valence-corrected chi connectivity index (χ0v) is 28.2. The molecular weight excluding hydrogens is 614 g/mol. The van der Waals surface area contributed by atoms with E-state index in [1.807, 2.05) is 65.0 Å². The summed E-state index contributed by atoms with van der Waals surface area (Å²) in [5.74, 6) is 1.07. The second-order valence-corrected chi connectivity index (χ2v) is 12.7. The van der Waals surface area contributed by atoms with Gasteiger partial charge < -0.3 is 34.5 Å². The Hall–Kier alpha value is -5.36. The molecule has 0 radical (unpaired) electrons. The van der Waals surface area contributed by atoms with Gasteiger partial charge in [-0.2, -0.15) is 0 Å². The predicted molar refractivity (Wildman–Crippen MR) is 185 cm³/mol. The van der Waals surface area contributed by atoms with Crippen LogP contribution in [0.25, 0.3) is 10.8 Å². The molecule has 4 amide bonds. The summed E-state index contributed by atoms with van der Waals surface area (Å²) in [5, 5.41) is 9.94. The van der Waals surface area contributed by atoms with E-state index < -0.39 is 12.1 Å². The molecule has 12 nitrogen and oxygen atoms in total. The van der Waals surface area contributed by atoms with Crippen molar-refractivity contribution in [2.45, 2.75) is 52.2 Å². The Balaban J connectivity index is 1.38. The van der Waals surface area contributed by atoms with E-state index in [4.69, 9.17) is 18.9 Å². The number of ether oxygens (including phenoxy) is 4. The van der Waals surface area contributed by atoms with Crippen molar-refractivity contribution >= 4 is 45.9 Å². The molecule has 1 saturated heterocycles. The number of nitrogens with one attached hydrogen (secondary N) is 3. The van der Waals surface area contributed by atoms with E-state index in [1.54, 1.807) is 41.4 Å². The molecule has 2 atom stereocenters. The molecule has 0 spiro atoms. The highest BCUT2D eigenvalue weighted by Crippen LogP contribution is 2.39. The summed E-state index contributed by atoms with van der Waals surface area (Å²) in [6, 6.07) is 17.4. The highest BCUT2D eigenvalue weighted by atomic mass is 16.5. The fourth-order valence-electron chi connectivity index (χ4n) is 5.60. The maximum atomic E-state index is 13.4. The van der Waals surface area contributed by atoms with Gasteiger partial charge in [-0.15, -0.1) is 0 Å².